The quantitative estimate of drug-likeness (QED) is 0.770. The first kappa shape index (κ1) is 17.7. The molecule has 1 aliphatic heterocycles. The van der Waals surface area contributed by atoms with E-state index >= 15 is 0 Å². The summed E-state index contributed by atoms with van der Waals surface area (Å²) in [5, 5.41) is 8.70. The molecule has 1 saturated heterocycles. The lowest BCUT2D eigenvalue weighted by Gasteiger charge is -2.33. The summed E-state index contributed by atoms with van der Waals surface area (Å²) in [4.78, 5) is 25.7. The summed E-state index contributed by atoms with van der Waals surface area (Å²) in [7, 11) is 0. The second kappa shape index (κ2) is 8.29. The molecule has 0 aliphatic carbocycles. The first-order valence-corrected chi connectivity index (χ1v) is 7.85. The van der Waals surface area contributed by atoms with Crippen LogP contribution in [0.25, 0.3) is 0 Å². The lowest BCUT2D eigenvalue weighted by molar-refractivity contribution is -0.157. The van der Waals surface area contributed by atoms with E-state index in [0.717, 1.165) is 18.9 Å². The van der Waals surface area contributed by atoms with Crippen LogP contribution in [-0.4, -0.2) is 42.6 Å². The third-order valence-electron chi connectivity index (χ3n) is 3.79. The highest BCUT2D eigenvalue weighted by Crippen LogP contribution is 2.21. The van der Waals surface area contributed by atoms with Gasteiger partial charge in [-0.3, -0.25) is 4.79 Å². The number of hydrogen-bond donors (Lipinski definition) is 0. The van der Waals surface area contributed by atoms with Crippen molar-refractivity contribution in [1.82, 2.24) is 4.90 Å². The van der Waals surface area contributed by atoms with Crippen molar-refractivity contribution in [3.05, 3.63) is 29.6 Å². The lowest BCUT2D eigenvalue weighted by Crippen LogP contribution is -2.50. The molecule has 0 N–H and O–H groups in total. The van der Waals surface area contributed by atoms with E-state index in [0.29, 0.717) is 13.0 Å². The minimum absolute atomic E-state index is 0.105. The van der Waals surface area contributed by atoms with E-state index in [2.05, 4.69) is 0 Å². The zero-order valence-corrected chi connectivity index (χ0v) is 13.5. The number of nitrogens with zero attached hydrogens (tertiary/aromatic N) is 2. The van der Waals surface area contributed by atoms with Gasteiger partial charge in [-0.1, -0.05) is 0 Å². The fourth-order valence-electron chi connectivity index (χ4n) is 2.62. The van der Waals surface area contributed by atoms with Crippen LogP contribution in [-0.2, 0) is 14.3 Å². The van der Waals surface area contributed by atoms with Crippen molar-refractivity contribution >= 4 is 11.9 Å². The van der Waals surface area contributed by atoms with Crippen LogP contribution in [0.5, 0.6) is 5.75 Å². The van der Waals surface area contributed by atoms with Gasteiger partial charge in [-0.25, -0.2) is 9.18 Å². The number of likely N-dealkylation sites (tertiary alicyclic amines) is 1. The molecule has 1 fully saturated rings. The number of rotatable bonds is 5. The molecular weight excluding hydrogens is 315 g/mol. The van der Waals surface area contributed by atoms with Gasteiger partial charge in [0.1, 0.15) is 6.04 Å². The number of benzene rings is 1. The minimum Gasteiger partial charge on any atom is -0.481 e. The van der Waals surface area contributed by atoms with Gasteiger partial charge < -0.3 is 14.4 Å². The predicted octanol–water partition coefficient (Wildman–Crippen LogP) is 2.02. The van der Waals surface area contributed by atoms with Crippen LogP contribution >= 0.6 is 0 Å². The number of piperidine rings is 1. The summed E-state index contributed by atoms with van der Waals surface area (Å²) >= 11 is 0. The molecule has 1 amide bonds. The van der Waals surface area contributed by atoms with E-state index in [9.17, 15) is 14.0 Å². The number of amides is 1. The molecule has 0 aromatic heterocycles. The largest absolute Gasteiger partial charge is 0.481 e. The normalized spacial score (nSPS) is 17.0. The molecule has 24 heavy (non-hydrogen) atoms. The van der Waals surface area contributed by atoms with Gasteiger partial charge in [-0.05, 0) is 44.4 Å². The monoisotopic (exact) mass is 334 g/mol. The summed E-state index contributed by atoms with van der Waals surface area (Å²) in [6.45, 7) is 2.04. The molecule has 1 aromatic rings. The van der Waals surface area contributed by atoms with Gasteiger partial charge in [0.2, 0.25) is 0 Å². The van der Waals surface area contributed by atoms with E-state index in [1.807, 2.05) is 6.07 Å². The Hall–Kier alpha value is -2.62. The molecule has 1 aliphatic rings. The Balaban J connectivity index is 2.00. The van der Waals surface area contributed by atoms with Crippen molar-refractivity contribution in [3.8, 4) is 11.8 Å². The number of nitriles is 1. The average Bonchev–Trinajstić information content (AvgIpc) is 2.60. The predicted molar refractivity (Wildman–Crippen MR) is 82.6 cm³/mol. The number of halogens is 1. The summed E-state index contributed by atoms with van der Waals surface area (Å²) in [6.07, 6.45) is 2.20. The molecule has 128 valence electrons. The maximum absolute atomic E-state index is 13.8. The van der Waals surface area contributed by atoms with Crippen LogP contribution in [0.3, 0.4) is 0 Å². The van der Waals surface area contributed by atoms with Gasteiger partial charge >= 0.3 is 5.97 Å². The number of esters is 1. The molecule has 7 heteroatoms. The van der Waals surface area contributed by atoms with Crippen LogP contribution < -0.4 is 4.74 Å². The van der Waals surface area contributed by atoms with E-state index in [1.165, 1.54) is 17.0 Å². The average molecular weight is 334 g/mol. The van der Waals surface area contributed by atoms with Crippen LogP contribution in [0.15, 0.2) is 18.2 Å². The van der Waals surface area contributed by atoms with E-state index in [-0.39, 0.29) is 24.5 Å². The maximum Gasteiger partial charge on any atom is 0.328 e. The fraction of sp³-hybridized carbons (Fsp3) is 0.471. The number of carbonyl (C=O) groups is 2. The SMILES string of the molecule is CCOC(=O)[C@@H]1CCCCN1C(=O)COc1ccc(C#N)cc1F. The Kier molecular flexibility index (Phi) is 6.13. The Labute approximate surface area is 139 Å². The van der Waals surface area contributed by atoms with Gasteiger partial charge in [-0.2, -0.15) is 5.26 Å². The topological polar surface area (TPSA) is 79.6 Å². The highest BCUT2D eigenvalue weighted by molar-refractivity contribution is 5.85. The summed E-state index contributed by atoms with van der Waals surface area (Å²) in [5.41, 5.74) is 0.171. The first-order valence-electron chi connectivity index (χ1n) is 7.85. The van der Waals surface area contributed by atoms with Crippen molar-refractivity contribution in [2.45, 2.75) is 32.2 Å². The van der Waals surface area contributed by atoms with Gasteiger partial charge in [0.05, 0.1) is 18.2 Å². The molecule has 6 nitrogen and oxygen atoms in total. The minimum atomic E-state index is -0.706. The van der Waals surface area contributed by atoms with Gasteiger partial charge in [-0.15, -0.1) is 0 Å². The molecule has 2 rings (SSSR count). The molecule has 0 unspecified atom stereocenters. The van der Waals surface area contributed by atoms with Crippen molar-refractivity contribution in [3.63, 3.8) is 0 Å². The third-order valence-corrected chi connectivity index (χ3v) is 3.79. The van der Waals surface area contributed by atoms with Crippen molar-refractivity contribution < 1.29 is 23.5 Å². The van der Waals surface area contributed by atoms with Crippen molar-refractivity contribution in [1.29, 1.82) is 5.26 Å². The second-order valence-electron chi connectivity index (χ2n) is 5.40. The van der Waals surface area contributed by atoms with Crippen LogP contribution in [0.2, 0.25) is 0 Å². The highest BCUT2D eigenvalue weighted by atomic mass is 19.1. The van der Waals surface area contributed by atoms with E-state index in [1.54, 1.807) is 6.92 Å². The molecule has 0 spiro atoms. The van der Waals surface area contributed by atoms with Gasteiger partial charge in [0.15, 0.2) is 18.2 Å². The third kappa shape index (κ3) is 4.22. The highest BCUT2D eigenvalue weighted by Gasteiger charge is 2.33. The molecule has 1 aromatic carbocycles. The summed E-state index contributed by atoms with van der Waals surface area (Å²) in [5.74, 6) is -1.62. The van der Waals surface area contributed by atoms with E-state index < -0.39 is 23.7 Å². The molecule has 0 saturated carbocycles. The number of carbonyl (C=O) groups excluding carboxylic acids is 2. The van der Waals surface area contributed by atoms with Crippen LogP contribution in [0.4, 0.5) is 4.39 Å². The van der Waals surface area contributed by atoms with Crippen molar-refractivity contribution in [2.24, 2.45) is 0 Å². The molecule has 1 atom stereocenters. The molecule has 0 radical (unpaired) electrons. The smallest absolute Gasteiger partial charge is 0.328 e. The van der Waals surface area contributed by atoms with Crippen LogP contribution in [0.1, 0.15) is 31.7 Å². The van der Waals surface area contributed by atoms with Gasteiger partial charge in [0.25, 0.3) is 5.91 Å². The summed E-state index contributed by atoms with van der Waals surface area (Å²) in [6, 6.07) is 4.97. The first-order chi connectivity index (χ1) is 11.6. The van der Waals surface area contributed by atoms with Crippen LogP contribution in [0, 0.1) is 17.1 Å². The van der Waals surface area contributed by atoms with Crippen molar-refractivity contribution in [2.75, 3.05) is 19.8 Å². The Morgan fingerprint density at radius 1 is 1.42 bits per heavy atom. The van der Waals surface area contributed by atoms with E-state index in [4.69, 9.17) is 14.7 Å². The zero-order chi connectivity index (χ0) is 17.5. The Bertz CT molecular complexity index is 656. The number of ether oxygens (including phenoxy) is 2. The standard InChI is InChI=1S/C17H19FN2O4/c1-2-23-17(22)14-5-3-4-8-20(14)16(21)11-24-15-7-6-12(10-19)9-13(15)18/h6-7,9,14H,2-5,8,11H2,1H3/t14-/m0/s1. The molecular formula is C17H19FN2O4. The second-order valence-corrected chi connectivity index (χ2v) is 5.40. The zero-order valence-electron chi connectivity index (χ0n) is 13.5. The molecule has 0 bridgehead atoms. The maximum atomic E-state index is 13.8. The summed E-state index contributed by atoms with van der Waals surface area (Å²) < 4.78 is 24.0. The van der Waals surface area contributed by atoms with Gasteiger partial charge in [0, 0.05) is 6.54 Å². The Morgan fingerprint density at radius 2 is 2.21 bits per heavy atom. The molecule has 1 heterocycles. The fourth-order valence-corrected chi connectivity index (χ4v) is 2.62. The number of hydrogen-bond acceptors (Lipinski definition) is 5. The Morgan fingerprint density at radius 3 is 2.88 bits per heavy atom. The lowest BCUT2D eigenvalue weighted by atomic mass is 10.0.